The standard InChI is InChI=1S/C19H26O4/c1-4-7-18(8-5-6-13-21-3)22-14-17(20)15-23-19-11-9-16(2)10-12-19/h4-12,17,20H,13-15H2,1-3H3/b6-5-,7-4-,18-8+. The van der Waals surface area contributed by atoms with Gasteiger partial charge in [-0.25, -0.2) is 0 Å². The van der Waals surface area contributed by atoms with Crippen LogP contribution in [-0.4, -0.2) is 38.1 Å². The molecule has 4 heteroatoms. The van der Waals surface area contributed by atoms with E-state index in [-0.39, 0.29) is 13.2 Å². The Morgan fingerprint density at radius 2 is 1.96 bits per heavy atom. The minimum Gasteiger partial charge on any atom is -0.491 e. The number of rotatable bonds is 10. The molecule has 0 aromatic heterocycles. The second-order valence-corrected chi connectivity index (χ2v) is 5.04. The van der Waals surface area contributed by atoms with Gasteiger partial charge in [0.25, 0.3) is 0 Å². The van der Waals surface area contributed by atoms with E-state index in [1.165, 1.54) is 5.56 Å². The fourth-order valence-electron chi connectivity index (χ4n) is 1.70. The van der Waals surface area contributed by atoms with Crippen molar-refractivity contribution < 1.29 is 19.3 Å². The third-order valence-corrected chi connectivity index (χ3v) is 2.90. The molecule has 1 aromatic carbocycles. The van der Waals surface area contributed by atoms with Gasteiger partial charge < -0.3 is 19.3 Å². The first kappa shape index (κ1) is 19.0. The maximum atomic E-state index is 9.95. The van der Waals surface area contributed by atoms with Gasteiger partial charge in [-0.2, -0.15) is 0 Å². The highest BCUT2D eigenvalue weighted by Gasteiger charge is 2.06. The van der Waals surface area contributed by atoms with Crippen LogP contribution in [0.2, 0.25) is 0 Å². The van der Waals surface area contributed by atoms with Crippen LogP contribution in [0, 0.1) is 6.92 Å². The quantitative estimate of drug-likeness (QED) is 0.530. The Balaban J connectivity index is 2.39. The minimum absolute atomic E-state index is 0.167. The van der Waals surface area contributed by atoms with Crippen LogP contribution in [0.5, 0.6) is 5.75 Å². The SMILES string of the molecule is C\C=C/C(=C\C=C/COC)OCC(O)COc1ccc(C)cc1. The van der Waals surface area contributed by atoms with Gasteiger partial charge in [0.15, 0.2) is 0 Å². The zero-order valence-corrected chi connectivity index (χ0v) is 14.1. The second kappa shape index (κ2) is 11.5. The lowest BCUT2D eigenvalue weighted by atomic mass is 10.2. The molecule has 0 fully saturated rings. The van der Waals surface area contributed by atoms with E-state index in [1.54, 1.807) is 7.11 Å². The highest BCUT2D eigenvalue weighted by Crippen LogP contribution is 2.12. The van der Waals surface area contributed by atoms with Crippen LogP contribution >= 0.6 is 0 Å². The van der Waals surface area contributed by atoms with Crippen LogP contribution in [0.15, 0.2) is 60.4 Å². The van der Waals surface area contributed by atoms with Crippen molar-refractivity contribution in [3.63, 3.8) is 0 Å². The number of benzene rings is 1. The Kier molecular flexibility index (Phi) is 9.52. The molecule has 0 heterocycles. The van der Waals surface area contributed by atoms with Crippen molar-refractivity contribution in [2.24, 2.45) is 0 Å². The van der Waals surface area contributed by atoms with Gasteiger partial charge in [0, 0.05) is 7.11 Å². The number of allylic oxidation sites excluding steroid dienone is 4. The maximum absolute atomic E-state index is 9.95. The van der Waals surface area contributed by atoms with Gasteiger partial charge in [-0.3, -0.25) is 0 Å². The lowest BCUT2D eigenvalue weighted by Crippen LogP contribution is -2.23. The van der Waals surface area contributed by atoms with Crippen LogP contribution in [-0.2, 0) is 9.47 Å². The molecule has 0 radical (unpaired) electrons. The van der Waals surface area contributed by atoms with Crippen molar-refractivity contribution in [2.75, 3.05) is 26.9 Å². The molecule has 1 rings (SSSR count). The number of methoxy groups -OCH3 is 1. The molecule has 1 unspecified atom stereocenters. The lowest BCUT2D eigenvalue weighted by molar-refractivity contribution is 0.0405. The summed E-state index contributed by atoms with van der Waals surface area (Å²) in [7, 11) is 1.64. The van der Waals surface area contributed by atoms with E-state index in [0.29, 0.717) is 12.4 Å². The number of aliphatic hydroxyl groups excluding tert-OH is 1. The smallest absolute Gasteiger partial charge is 0.122 e. The topological polar surface area (TPSA) is 47.9 Å². The molecule has 126 valence electrons. The molecule has 0 spiro atoms. The number of hydrogen-bond donors (Lipinski definition) is 1. The summed E-state index contributed by atoms with van der Waals surface area (Å²) in [6.07, 6.45) is 8.58. The minimum atomic E-state index is -0.701. The summed E-state index contributed by atoms with van der Waals surface area (Å²) in [6.45, 7) is 4.83. The Bertz CT molecular complexity index is 515. The van der Waals surface area contributed by atoms with Crippen LogP contribution in [0.4, 0.5) is 0 Å². The Morgan fingerprint density at radius 3 is 2.61 bits per heavy atom. The highest BCUT2D eigenvalue weighted by molar-refractivity contribution is 5.26. The Morgan fingerprint density at radius 1 is 1.22 bits per heavy atom. The van der Waals surface area contributed by atoms with E-state index in [1.807, 2.05) is 68.5 Å². The molecule has 0 aliphatic rings. The zero-order chi connectivity index (χ0) is 16.9. The second-order valence-electron chi connectivity index (χ2n) is 5.04. The van der Waals surface area contributed by atoms with Gasteiger partial charge >= 0.3 is 0 Å². The molecule has 1 atom stereocenters. The third kappa shape index (κ3) is 8.86. The zero-order valence-electron chi connectivity index (χ0n) is 14.1. The fraction of sp³-hybridized carbons (Fsp3) is 0.368. The van der Waals surface area contributed by atoms with E-state index in [2.05, 4.69) is 0 Å². The summed E-state index contributed by atoms with van der Waals surface area (Å²) in [5, 5.41) is 9.95. The summed E-state index contributed by atoms with van der Waals surface area (Å²) in [5.74, 6) is 1.41. The van der Waals surface area contributed by atoms with Gasteiger partial charge in [-0.1, -0.05) is 35.9 Å². The maximum Gasteiger partial charge on any atom is 0.122 e. The van der Waals surface area contributed by atoms with Crippen molar-refractivity contribution in [1.29, 1.82) is 0 Å². The summed E-state index contributed by atoms with van der Waals surface area (Å²) in [6, 6.07) is 7.71. The van der Waals surface area contributed by atoms with Crippen molar-refractivity contribution in [3.05, 3.63) is 66.0 Å². The monoisotopic (exact) mass is 318 g/mol. The predicted octanol–water partition coefficient (Wildman–Crippen LogP) is 3.41. The summed E-state index contributed by atoms with van der Waals surface area (Å²) in [4.78, 5) is 0. The van der Waals surface area contributed by atoms with E-state index in [0.717, 1.165) is 5.75 Å². The molecule has 0 aliphatic carbocycles. The van der Waals surface area contributed by atoms with Gasteiger partial charge in [0.1, 0.15) is 30.8 Å². The van der Waals surface area contributed by atoms with Crippen molar-refractivity contribution >= 4 is 0 Å². The number of hydrogen-bond acceptors (Lipinski definition) is 4. The molecule has 0 saturated carbocycles. The van der Waals surface area contributed by atoms with E-state index in [4.69, 9.17) is 14.2 Å². The molecule has 0 aliphatic heterocycles. The summed E-state index contributed by atoms with van der Waals surface area (Å²) < 4.78 is 16.0. The van der Waals surface area contributed by atoms with Crippen LogP contribution in [0.25, 0.3) is 0 Å². The van der Waals surface area contributed by atoms with Gasteiger partial charge in [0.05, 0.1) is 6.61 Å². The highest BCUT2D eigenvalue weighted by atomic mass is 16.5. The Labute approximate surface area is 138 Å². The molecule has 1 N–H and O–H groups in total. The predicted molar refractivity (Wildman–Crippen MR) is 92.5 cm³/mol. The molecule has 0 saturated heterocycles. The molecule has 1 aromatic rings. The molecule has 4 nitrogen and oxygen atoms in total. The molecular weight excluding hydrogens is 292 g/mol. The first-order chi connectivity index (χ1) is 11.2. The molecule has 0 amide bonds. The Hall–Kier alpha value is -2.04. The fourth-order valence-corrected chi connectivity index (χ4v) is 1.70. The van der Waals surface area contributed by atoms with E-state index < -0.39 is 6.10 Å². The van der Waals surface area contributed by atoms with Crippen LogP contribution in [0.3, 0.4) is 0 Å². The third-order valence-electron chi connectivity index (χ3n) is 2.90. The normalized spacial score (nSPS) is 13.7. The van der Waals surface area contributed by atoms with E-state index >= 15 is 0 Å². The first-order valence-electron chi connectivity index (χ1n) is 7.64. The average molecular weight is 318 g/mol. The lowest BCUT2D eigenvalue weighted by Gasteiger charge is -2.14. The molecule has 0 bridgehead atoms. The summed E-state index contributed by atoms with van der Waals surface area (Å²) in [5.41, 5.74) is 1.17. The van der Waals surface area contributed by atoms with Crippen molar-refractivity contribution in [2.45, 2.75) is 20.0 Å². The van der Waals surface area contributed by atoms with Crippen molar-refractivity contribution in [1.82, 2.24) is 0 Å². The average Bonchev–Trinajstić information content (AvgIpc) is 2.56. The first-order valence-corrected chi connectivity index (χ1v) is 7.64. The number of aliphatic hydroxyl groups is 1. The van der Waals surface area contributed by atoms with E-state index in [9.17, 15) is 5.11 Å². The van der Waals surface area contributed by atoms with Crippen molar-refractivity contribution in [3.8, 4) is 5.75 Å². The van der Waals surface area contributed by atoms with Gasteiger partial charge in [-0.15, -0.1) is 0 Å². The molecule has 23 heavy (non-hydrogen) atoms. The van der Waals surface area contributed by atoms with Gasteiger partial charge in [-0.05, 0) is 38.1 Å². The van der Waals surface area contributed by atoms with Gasteiger partial charge in [0.2, 0.25) is 0 Å². The molecular formula is C19H26O4. The van der Waals surface area contributed by atoms with Crippen LogP contribution < -0.4 is 4.74 Å². The van der Waals surface area contributed by atoms with Crippen LogP contribution in [0.1, 0.15) is 12.5 Å². The largest absolute Gasteiger partial charge is 0.491 e. The number of ether oxygens (including phenoxy) is 3. The number of aryl methyl sites for hydroxylation is 1. The summed E-state index contributed by atoms with van der Waals surface area (Å²) >= 11 is 0.